The largest absolute Gasteiger partial charge is 0.485 e. The maximum Gasteiger partial charge on any atom is 0.134 e. The normalized spacial score (nSPS) is 12.2. The lowest BCUT2D eigenvalue weighted by Crippen LogP contribution is -2.08. The molecule has 0 saturated carbocycles. The van der Waals surface area contributed by atoms with Crippen LogP contribution >= 0.6 is 43.5 Å². The maximum atomic E-state index is 6.07. The Kier molecular flexibility index (Phi) is 5.74. The van der Waals surface area contributed by atoms with Crippen molar-refractivity contribution in [2.75, 3.05) is 5.88 Å². The van der Waals surface area contributed by atoms with Crippen LogP contribution in [-0.4, -0.2) is 5.88 Å². The van der Waals surface area contributed by atoms with E-state index in [4.69, 9.17) is 16.3 Å². The van der Waals surface area contributed by atoms with Crippen LogP contribution in [0.3, 0.4) is 0 Å². The molecule has 0 amide bonds. The predicted molar refractivity (Wildman–Crippen MR) is 87.0 cm³/mol. The Balaban J connectivity index is 2.21. The first-order valence-electron chi connectivity index (χ1n) is 5.93. The standard InChI is InChI=1S/C15H13Br2ClO/c16-12-6-7-15(13(17)10-12)19-14(8-9-18)11-4-2-1-3-5-11/h1-7,10,14H,8-9H2/t14-/m0/s1. The SMILES string of the molecule is ClCC[C@H](Oc1ccc(Br)cc1Br)c1ccccc1. The number of alkyl halides is 1. The molecule has 0 bridgehead atoms. The second kappa shape index (κ2) is 7.32. The van der Waals surface area contributed by atoms with Crippen LogP contribution in [0.25, 0.3) is 0 Å². The fourth-order valence-corrected chi connectivity index (χ4v) is 3.12. The van der Waals surface area contributed by atoms with Crippen molar-refractivity contribution in [1.82, 2.24) is 0 Å². The van der Waals surface area contributed by atoms with Gasteiger partial charge in [0.1, 0.15) is 11.9 Å². The highest BCUT2D eigenvalue weighted by molar-refractivity contribution is 9.11. The van der Waals surface area contributed by atoms with Gasteiger partial charge in [0.15, 0.2) is 0 Å². The van der Waals surface area contributed by atoms with E-state index in [0.717, 1.165) is 26.7 Å². The topological polar surface area (TPSA) is 9.23 Å². The van der Waals surface area contributed by atoms with E-state index < -0.39 is 0 Å². The van der Waals surface area contributed by atoms with Gasteiger partial charge in [0.05, 0.1) is 4.47 Å². The predicted octanol–water partition coefficient (Wildman–Crippen LogP) is 5.96. The lowest BCUT2D eigenvalue weighted by Gasteiger charge is -2.19. The second-order valence-corrected chi connectivity index (χ2v) is 6.22. The molecule has 0 saturated heterocycles. The zero-order chi connectivity index (χ0) is 13.7. The highest BCUT2D eigenvalue weighted by Crippen LogP contribution is 2.33. The van der Waals surface area contributed by atoms with Crippen molar-refractivity contribution >= 4 is 43.5 Å². The van der Waals surface area contributed by atoms with Crippen molar-refractivity contribution in [2.24, 2.45) is 0 Å². The number of hydrogen-bond acceptors (Lipinski definition) is 1. The fraction of sp³-hybridized carbons (Fsp3) is 0.200. The molecule has 0 aliphatic carbocycles. The van der Waals surface area contributed by atoms with Crippen molar-refractivity contribution in [2.45, 2.75) is 12.5 Å². The third-order valence-electron chi connectivity index (χ3n) is 2.71. The van der Waals surface area contributed by atoms with E-state index in [1.54, 1.807) is 0 Å². The third-order valence-corrected chi connectivity index (χ3v) is 4.04. The summed E-state index contributed by atoms with van der Waals surface area (Å²) in [6, 6.07) is 16.0. The molecule has 100 valence electrons. The summed E-state index contributed by atoms with van der Waals surface area (Å²) in [6.45, 7) is 0. The number of hydrogen-bond donors (Lipinski definition) is 0. The molecule has 0 aliphatic heterocycles. The van der Waals surface area contributed by atoms with Gasteiger partial charge in [0, 0.05) is 16.8 Å². The molecule has 0 aliphatic rings. The molecule has 0 N–H and O–H groups in total. The van der Waals surface area contributed by atoms with Gasteiger partial charge < -0.3 is 4.74 Å². The minimum absolute atomic E-state index is 0.0313. The Hall–Kier alpha value is -0.510. The van der Waals surface area contributed by atoms with Gasteiger partial charge in [0.2, 0.25) is 0 Å². The van der Waals surface area contributed by atoms with Crippen molar-refractivity contribution in [3.05, 3.63) is 63.0 Å². The van der Waals surface area contributed by atoms with Crippen molar-refractivity contribution in [1.29, 1.82) is 0 Å². The van der Waals surface area contributed by atoms with E-state index in [9.17, 15) is 0 Å². The number of benzene rings is 2. The Morgan fingerprint density at radius 2 is 1.79 bits per heavy atom. The zero-order valence-electron chi connectivity index (χ0n) is 10.2. The van der Waals surface area contributed by atoms with Gasteiger partial charge in [0.25, 0.3) is 0 Å². The van der Waals surface area contributed by atoms with Crippen LogP contribution < -0.4 is 4.74 Å². The molecule has 19 heavy (non-hydrogen) atoms. The first-order chi connectivity index (χ1) is 9.20. The van der Waals surface area contributed by atoms with Gasteiger partial charge in [-0.25, -0.2) is 0 Å². The van der Waals surface area contributed by atoms with Crippen LogP contribution in [0.15, 0.2) is 57.5 Å². The van der Waals surface area contributed by atoms with E-state index in [1.807, 2.05) is 36.4 Å². The first-order valence-corrected chi connectivity index (χ1v) is 8.05. The number of ether oxygens (including phenoxy) is 1. The molecule has 0 radical (unpaired) electrons. The van der Waals surface area contributed by atoms with Crippen LogP contribution in [0.2, 0.25) is 0 Å². The summed E-state index contributed by atoms with van der Waals surface area (Å²) in [5, 5.41) is 0. The summed E-state index contributed by atoms with van der Waals surface area (Å²) < 4.78 is 8.02. The van der Waals surface area contributed by atoms with Crippen LogP contribution in [0, 0.1) is 0 Å². The summed E-state index contributed by atoms with van der Waals surface area (Å²) in [5.74, 6) is 1.38. The molecule has 2 rings (SSSR count). The van der Waals surface area contributed by atoms with Crippen molar-refractivity contribution < 1.29 is 4.74 Å². The van der Waals surface area contributed by atoms with E-state index in [-0.39, 0.29) is 6.10 Å². The molecule has 1 atom stereocenters. The Morgan fingerprint density at radius 1 is 1.05 bits per heavy atom. The van der Waals surface area contributed by atoms with Gasteiger partial charge in [-0.15, -0.1) is 11.6 Å². The third kappa shape index (κ3) is 4.23. The smallest absolute Gasteiger partial charge is 0.134 e. The minimum atomic E-state index is -0.0313. The van der Waals surface area contributed by atoms with Crippen LogP contribution in [0.1, 0.15) is 18.1 Å². The van der Waals surface area contributed by atoms with E-state index in [1.165, 1.54) is 0 Å². The summed E-state index contributed by atoms with van der Waals surface area (Å²) in [5.41, 5.74) is 1.14. The molecule has 2 aromatic rings. The highest BCUT2D eigenvalue weighted by Gasteiger charge is 2.14. The van der Waals surface area contributed by atoms with E-state index in [2.05, 4.69) is 44.0 Å². The van der Waals surface area contributed by atoms with Gasteiger partial charge >= 0.3 is 0 Å². The summed E-state index contributed by atoms with van der Waals surface area (Å²) in [6.07, 6.45) is 0.741. The molecule has 0 fully saturated rings. The Bertz CT molecular complexity index is 531. The zero-order valence-corrected chi connectivity index (χ0v) is 14.1. The van der Waals surface area contributed by atoms with Crippen LogP contribution in [0.4, 0.5) is 0 Å². The number of halogens is 3. The molecule has 0 spiro atoms. The Labute approximate surface area is 135 Å². The van der Waals surface area contributed by atoms with Gasteiger partial charge in [-0.05, 0) is 39.7 Å². The lowest BCUT2D eigenvalue weighted by molar-refractivity contribution is 0.201. The highest BCUT2D eigenvalue weighted by atomic mass is 79.9. The summed E-state index contributed by atoms with van der Waals surface area (Å²) in [7, 11) is 0. The van der Waals surface area contributed by atoms with Crippen molar-refractivity contribution in [3.8, 4) is 5.75 Å². The van der Waals surface area contributed by atoms with Crippen molar-refractivity contribution in [3.63, 3.8) is 0 Å². The van der Waals surface area contributed by atoms with Gasteiger partial charge in [-0.1, -0.05) is 46.3 Å². The quantitative estimate of drug-likeness (QED) is 0.559. The molecule has 0 aromatic heterocycles. The average molecular weight is 405 g/mol. The van der Waals surface area contributed by atoms with E-state index in [0.29, 0.717) is 5.88 Å². The van der Waals surface area contributed by atoms with Crippen LogP contribution in [-0.2, 0) is 0 Å². The minimum Gasteiger partial charge on any atom is -0.485 e. The first kappa shape index (κ1) is 14.9. The lowest BCUT2D eigenvalue weighted by atomic mass is 10.1. The molecule has 4 heteroatoms. The molecular formula is C15H13Br2ClO. The average Bonchev–Trinajstić information content (AvgIpc) is 2.42. The maximum absolute atomic E-state index is 6.07. The molecule has 1 nitrogen and oxygen atoms in total. The molecule has 0 heterocycles. The summed E-state index contributed by atoms with van der Waals surface area (Å²) in [4.78, 5) is 0. The van der Waals surface area contributed by atoms with Gasteiger partial charge in [-0.3, -0.25) is 0 Å². The van der Waals surface area contributed by atoms with Crippen LogP contribution in [0.5, 0.6) is 5.75 Å². The Morgan fingerprint density at radius 3 is 2.42 bits per heavy atom. The van der Waals surface area contributed by atoms with E-state index >= 15 is 0 Å². The second-order valence-electron chi connectivity index (χ2n) is 4.07. The fourth-order valence-electron chi connectivity index (χ4n) is 1.78. The summed E-state index contributed by atoms with van der Waals surface area (Å²) >= 11 is 12.8. The molecular weight excluding hydrogens is 391 g/mol. The molecule has 2 aromatic carbocycles. The number of rotatable bonds is 5. The van der Waals surface area contributed by atoms with Gasteiger partial charge in [-0.2, -0.15) is 0 Å². The monoisotopic (exact) mass is 402 g/mol. The molecule has 0 unspecified atom stereocenters.